The summed E-state index contributed by atoms with van der Waals surface area (Å²) >= 11 is 0. The Kier molecular flexibility index (Phi) is 2.23. The van der Waals surface area contributed by atoms with Crippen molar-refractivity contribution in [1.29, 1.82) is 0 Å². The van der Waals surface area contributed by atoms with Crippen molar-refractivity contribution in [3.05, 3.63) is 30.1 Å². The van der Waals surface area contributed by atoms with Crippen molar-refractivity contribution in [2.75, 3.05) is 13.2 Å². The summed E-state index contributed by atoms with van der Waals surface area (Å²) in [6.07, 6.45) is 3.06. The molecule has 68 valence electrons. The number of carbonyl (C=O) groups excluding carboxylic acids is 1. The molecule has 1 aromatic rings. The lowest BCUT2D eigenvalue weighted by molar-refractivity contribution is -0.103. The normalized spacial score (nSPS) is 16.3. The van der Waals surface area contributed by atoms with Gasteiger partial charge in [-0.05, 0) is 12.1 Å². The molecule has 0 aromatic carbocycles. The van der Waals surface area contributed by atoms with E-state index < -0.39 is 0 Å². The van der Waals surface area contributed by atoms with Gasteiger partial charge in [0, 0.05) is 12.4 Å². The van der Waals surface area contributed by atoms with E-state index in [1.165, 1.54) is 0 Å². The number of hydrogen-bond donors (Lipinski definition) is 0. The van der Waals surface area contributed by atoms with E-state index in [1.54, 1.807) is 24.5 Å². The number of nitrogens with zero attached hydrogens (tertiary/aromatic N) is 1. The van der Waals surface area contributed by atoms with Crippen molar-refractivity contribution in [2.45, 2.75) is 6.10 Å². The molecule has 2 rings (SSSR count). The maximum Gasteiger partial charge on any atom is 0.338 e. The van der Waals surface area contributed by atoms with Crippen molar-refractivity contribution in [1.82, 2.24) is 4.98 Å². The highest BCUT2D eigenvalue weighted by Gasteiger charge is 2.23. The van der Waals surface area contributed by atoms with Gasteiger partial charge in [0.05, 0.1) is 18.8 Å². The van der Waals surface area contributed by atoms with Gasteiger partial charge in [-0.15, -0.1) is 0 Å². The number of aromatic nitrogens is 1. The van der Waals surface area contributed by atoms with Crippen LogP contribution in [-0.4, -0.2) is 30.3 Å². The largest absolute Gasteiger partial charge is 0.454 e. The Morgan fingerprint density at radius 2 is 2.15 bits per heavy atom. The van der Waals surface area contributed by atoms with Crippen LogP contribution in [0.5, 0.6) is 0 Å². The molecule has 4 heteroatoms. The van der Waals surface area contributed by atoms with Gasteiger partial charge in [0.1, 0.15) is 6.10 Å². The van der Waals surface area contributed by atoms with Crippen LogP contribution in [0, 0.1) is 0 Å². The van der Waals surface area contributed by atoms with E-state index >= 15 is 0 Å². The van der Waals surface area contributed by atoms with Crippen molar-refractivity contribution in [3.8, 4) is 0 Å². The number of hydrogen-bond acceptors (Lipinski definition) is 4. The first kappa shape index (κ1) is 8.19. The Hall–Kier alpha value is -1.42. The zero-order valence-corrected chi connectivity index (χ0v) is 6.97. The molecule has 1 fully saturated rings. The second-order valence-electron chi connectivity index (χ2n) is 2.80. The first-order chi connectivity index (χ1) is 6.36. The minimum absolute atomic E-state index is 0.0688. The Bertz CT molecular complexity index is 295. The van der Waals surface area contributed by atoms with Gasteiger partial charge in [-0.1, -0.05) is 0 Å². The quantitative estimate of drug-likeness (QED) is 0.625. The lowest BCUT2D eigenvalue weighted by Crippen LogP contribution is -2.37. The van der Waals surface area contributed by atoms with E-state index in [4.69, 9.17) is 9.47 Å². The smallest absolute Gasteiger partial charge is 0.338 e. The summed E-state index contributed by atoms with van der Waals surface area (Å²) in [6, 6.07) is 3.25. The second-order valence-corrected chi connectivity index (χ2v) is 2.80. The molecule has 0 spiro atoms. The predicted molar refractivity (Wildman–Crippen MR) is 44.3 cm³/mol. The van der Waals surface area contributed by atoms with Crippen molar-refractivity contribution in [2.24, 2.45) is 0 Å². The monoisotopic (exact) mass is 179 g/mol. The first-order valence-electron chi connectivity index (χ1n) is 4.05. The standard InChI is InChI=1S/C9H9NO3/c11-9(13-8-5-12-6-8)7-1-3-10-4-2-7/h1-4,8H,5-6H2. The molecule has 1 aliphatic rings. The SMILES string of the molecule is O=C(OC1COC1)c1ccncc1. The summed E-state index contributed by atoms with van der Waals surface area (Å²) in [7, 11) is 0. The molecular weight excluding hydrogens is 170 g/mol. The van der Waals surface area contributed by atoms with Crippen LogP contribution in [0.15, 0.2) is 24.5 Å². The summed E-state index contributed by atoms with van der Waals surface area (Å²) in [5, 5.41) is 0. The topological polar surface area (TPSA) is 48.4 Å². The molecule has 1 aliphatic heterocycles. The molecule has 0 radical (unpaired) electrons. The van der Waals surface area contributed by atoms with Gasteiger partial charge < -0.3 is 9.47 Å². The Labute approximate surface area is 75.5 Å². The van der Waals surface area contributed by atoms with Gasteiger partial charge >= 0.3 is 5.97 Å². The molecular formula is C9H9NO3. The van der Waals surface area contributed by atoms with Crippen molar-refractivity contribution >= 4 is 5.97 Å². The fraction of sp³-hybridized carbons (Fsp3) is 0.333. The van der Waals surface area contributed by atoms with Gasteiger partial charge in [-0.2, -0.15) is 0 Å². The van der Waals surface area contributed by atoms with E-state index in [0.29, 0.717) is 18.8 Å². The van der Waals surface area contributed by atoms with Gasteiger partial charge in [0.2, 0.25) is 0 Å². The zero-order chi connectivity index (χ0) is 9.10. The lowest BCUT2D eigenvalue weighted by Gasteiger charge is -2.25. The lowest BCUT2D eigenvalue weighted by atomic mass is 10.2. The highest BCUT2D eigenvalue weighted by molar-refractivity contribution is 5.89. The van der Waals surface area contributed by atoms with Gasteiger partial charge in [0.25, 0.3) is 0 Å². The van der Waals surface area contributed by atoms with Crippen LogP contribution < -0.4 is 0 Å². The molecule has 0 unspecified atom stereocenters. The fourth-order valence-electron chi connectivity index (χ4n) is 0.990. The third-order valence-electron chi connectivity index (χ3n) is 1.80. The van der Waals surface area contributed by atoms with Crippen molar-refractivity contribution in [3.63, 3.8) is 0 Å². The number of pyridine rings is 1. The molecule has 0 atom stereocenters. The van der Waals surface area contributed by atoms with E-state index in [9.17, 15) is 4.79 Å². The summed E-state index contributed by atoms with van der Waals surface area (Å²) < 4.78 is 9.96. The highest BCUT2D eigenvalue weighted by Crippen LogP contribution is 2.09. The van der Waals surface area contributed by atoms with Crippen LogP contribution in [-0.2, 0) is 9.47 Å². The number of rotatable bonds is 2. The third kappa shape index (κ3) is 1.84. The molecule has 0 aliphatic carbocycles. The molecule has 1 aromatic heterocycles. The van der Waals surface area contributed by atoms with Crippen LogP contribution in [0.3, 0.4) is 0 Å². The molecule has 0 amide bonds. The fourth-order valence-corrected chi connectivity index (χ4v) is 0.990. The van der Waals surface area contributed by atoms with Crippen LogP contribution in [0.4, 0.5) is 0 Å². The van der Waals surface area contributed by atoms with Gasteiger partial charge in [0.15, 0.2) is 0 Å². The van der Waals surface area contributed by atoms with Gasteiger partial charge in [-0.3, -0.25) is 4.98 Å². The van der Waals surface area contributed by atoms with Crippen LogP contribution in [0.1, 0.15) is 10.4 Å². The average Bonchev–Trinajstić information content (AvgIpc) is 2.12. The summed E-state index contributed by atoms with van der Waals surface area (Å²) in [6.45, 7) is 1.02. The second kappa shape index (κ2) is 3.53. The molecule has 2 heterocycles. The maximum absolute atomic E-state index is 11.3. The Balaban J connectivity index is 1.97. The molecule has 0 bridgehead atoms. The van der Waals surface area contributed by atoms with Crippen LogP contribution >= 0.6 is 0 Å². The van der Waals surface area contributed by atoms with Gasteiger partial charge in [-0.25, -0.2) is 4.79 Å². The third-order valence-corrected chi connectivity index (χ3v) is 1.80. The average molecular weight is 179 g/mol. The predicted octanol–water partition coefficient (Wildman–Crippen LogP) is 0.637. The minimum atomic E-state index is -0.310. The highest BCUT2D eigenvalue weighted by atomic mass is 16.6. The van der Waals surface area contributed by atoms with Crippen molar-refractivity contribution < 1.29 is 14.3 Å². The van der Waals surface area contributed by atoms with E-state index in [2.05, 4.69) is 4.98 Å². The van der Waals surface area contributed by atoms with E-state index in [1.807, 2.05) is 0 Å². The molecule has 0 N–H and O–H groups in total. The number of carbonyl (C=O) groups is 1. The maximum atomic E-state index is 11.3. The Morgan fingerprint density at radius 3 is 2.69 bits per heavy atom. The first-order valence-corrected chi connectivity index (χ1v) is 4.05. The molecule has 0 saturated carbocycles. The number of esters is 1. The summed E-state index contributed by atoms with van der Waals surface area (Å²) in [5.41, 5.74) is 0.530. The number of ether oxygens (including phenoxy) is 2. The molecule has 13 heavy (non-hydrogen) atoms. The van der Waals surface area contributed by atoms with E-state index in [-0.39, 0.29) is 12.1 Å². The molecule has 4 nitrogen and oxygen atoms in total. The van der Waals surface area contributed by atoms with Crippen LogP contribution in [0.25, 0.3) is 0 Å². The Morgan fingerprint density at radius 1 is 1.46 bits per heavy atom. The van der Waals surface area contributed by atoms with E-state index in [0.717, 1.165) is 0 Å². The minimum Gasteiger partial charge on any atom is -0.454 e. The summed E-state index contributed by atoms with van der Waals surface area (Å²) in [4.78, 5) is 15.2. The van der Waals surface area contributed by atoms with Crippen LogP contribution in [0.2, 0.25) is 0 Å². The zero-order valence-electron chi connectivity index (χ0n) is 6.97. The molecule has 1 saturated heterocycles. The summed E-state index contributed by atoms with van der Waals surface area (Å²) in [5.74, 6) is -0.310.